The van der Waals surface area contributed by atoms with E-state index in [0.717, 1.165) is 6.42 Å². The standard InChI is InChI=1S/C17H16Cl2O2/c1-3-12-4-7-14(8-5-12)21-11(2)17(20)15-9-6-13(18)10-16(15)19/h4-11H,3H2,1-2H3. The van der Waals surface area contributed by atoms with Crippen LogP contribution in [0.3, 0.4) is 0 Å². The van der Waals surface area contributed by atoms with E-state index < -0.39 is 6.10 Å². The molecule has 0 fully saturated rings. The maximum atomic E-state index is 12.4. The van der Waals surface area contributed by atoms with Crippen LogP contribution in [-0.2, 0) is 6.42 Å². The van der Waals surface area contributed by atoms with Crippen LogP contribution in [0.1, 0.15) is 29.8 Å². The number of halogens is 2. The van der Waals surface area contributed by atoms with Gasteiger partial charge >= 0.3 is 0 Å². The van der Waals surface area contributed by atoms with E-state index in [1.54, 1.807) is 25.1 Å². The molecule has 21 heavy (non-hydrogen) atoms. The zero-order chi connectivity index (χ0) is 15.4. The summed E-state index contributed by atoms with van der Waals surface area (Å²) in [6.07, 6.45) is 0.353. The van der Waals surface area contributed by atoms with Gasteiger partial charge in [-0.05, 0) is 49.2 Å². The maximum absolute atomic E-state index is 12.4. The summed E-state index contributed by atoms with van der Waals surface area (Å²) in [5.74, 6) is 0.495. The van der Waals surface area contributed by atoms with Crippen LogP contribution >= 0.6 is 23.2 Å². The van der Waals surface area contributed by atoms with Crippen LogP contribution in [0.2, 0.25) is 10.0 Å². The van der Waals surface area contributed by atoms with Gasteiger partial charge in [-0.3, -0.25) is 4.79 Å². The van der Waals surface area contributed by atoms with Crippen LogP contribution in [0.25, 0.3) is 0 Å². The van der Waals surface area contributed by atoms with E-state index in [0.29, 0.717) is 21.4 Å². The molecular weight excluding hydrogens is 307 g/mol. The molecule has 0 saturated carbocycles. The van der Waals surface area contributed by atoms with E-state index in [1.807, 2.05) is 24.3 Å². The minimum atomic E-state index is -0.615. The first-order valence-electron chi connectivity index (χ1n) is 6.76. The summed E-state index contributed by atoms with van der Waals surface area (Å²) in [5.41, 5.74) is 1.64. The third-order valence-corrected chi connectivity index (χ3v) is 3.76. The summed E-state index contributed by atoms with van der Waals surface area (Å²) in [6, 6.07) is 12.5. The zero-order valence-corrected chi connectivity index (χ0v) is 13.4. The van der Waals surface area contributed by atoms with Crippen molar-refractivity contribution in [2.75, 3.05) is 0 Å². The van der Waals surface area contributed by atoms with E-state index in [1.165, 1.54) is 5.56 Å². The number of aryl methyl sites for hydroxylation is 1. The zero-order valence-electron chi connectivity index (χ0n) is 11.9. The second kappa shape index (κ2) is 6.97. The molecule has 110 valence electrons. The van der Waals surface area contributed by atoms with Crippen molar-refractivity contribution >= 4 is 29.0 Å². The van der Waals surface area contributed by atoms with Gasteiger partial charge in [-0.2, -0.15) is 0 Å². The number of hydrogen-bond donors (Lipinski definition) is 0. The molecule has 2 aromatic carbocycles. The largest absolute Gasteiger partial charge is 0.483 e. The molecule has 1 atom stereocenters. The first-order chi connectivity index (χ1) is 10.0. The third kappa shape index (κ3) is 3.99. The van der Waals surface area contributed by atoms with Crippen LogP contribution in [0.5, 0.6) is 5.75 Å². The van der Waals surface area contributed by atoms with Gasteiger partial charge in [-0.15, -0.1) is 0 Å². The van der Waals surface area contributed by atoms with Crippen LogP contribution in [0, 0.1) is 0 Å². The first kappa shape index (κ1) is 15.9. The fourth-order valence-electron chi connectivity index (χ4n) is 1.97. The molecule has 0 N–H and O–H groups in total. The number of rotatable bonds is 5. The van der Waals surface area contributed by atoms with Gasteiger partial charge in [0.25, 0.3) is 0 Å². The number of ether oxygens (including phenoxy) is 1. The Morgan fingerprint density at radius 1 is 1.14 bits per heavy atom. The molecule has 0 spiro atoms. The number of ketones is 1. The summed E-state index contributed by atoms with van der Waals surface area (Å²) in [5, 5.41) is 0.838. The Kier molecular flexibility index (Phi) is 5.27. The molecule has 2 aromatic rings. The lowest BCUT2D eigenvalue weighted by molar-refractivity contribution is 0.0818. The molecule has 0 saturated heterocycles. The van der Waals surface area contributed by atoms with Gasteiger partial charge in [0, 0.05) is 10.6 Å². The fourth-order valence-corrected chi connectivity index (χ4v) is 2.47. The Morgan fingerprint density at radius 3 is 2.38 bits per heavy atom. The highest BCUT2D eigenvalue weighted by Crippen LogP contribution is 2.23. The van der Waals surface area contributed by atoms with Crippen LogP contribution in [0.4, 0.5) is 0 Å². The van der Waals surface area contributed by atoms with E-state index in [-0.39, 0.29) is 5.78 Å². The number of hydrogen-bond acceptors (Lipinski definition) is 2. The third-order valence-electron chi connectivity index (χ3n) is 3.21. The highest BCUT2D eigenvalue weighted by atomic mass is 35.5. The van der Waals surface area contributed by atoms with Crippen molar-refractivity contribution in [3.05, 3.63) is 63.6 Å². The summed E-state index contributed by atoms with van der Waals surface area (Å²) < 4.78 is 5.67. The molecule has 0 aliphatic carbocycles. The molecule has 2 rings (SSSR count). The highest BCUT2D eigenvalue weighted by molar-refractivity contribution is 6.37. The second-order valence-corrected chi connectivity index (χ2v) is 5.59. The van der Waals surface area contributed by atoms with Crippen molar-refractivity contribution in [2.24, 2.45) is 0 Å². The van der Waals surface area contributed by atoms with Crippen molar-refractivity contribution in [3.63, 3.8) is 0 Å². The molecule has 0 bridgehead atoms. The smallest absolute Gasteiger partial charge is 0.204 e. The van der Waals surface area contributed by atoms with Gasteiger partial charge in [0.1, 0.15) is 5.75 Å². The van der Waals surface area contributed by atoms with Gasteiger partial charge in [0.05, 0.1) is 5.02 Å². The Labute approximate surface area is 134 Å². The van der Waals surface area contributed by atoms with Crippen molar-refractivity contribution in [3.8, 4) is 5.75 Å². The molecule has 0 aliphatic rings. The maximum Gasteiger partial charge on any atom is 0.204 e. The van der Waals surface area contributed by atoms with E-state index in [2.05, 4.69) is 6.92 Å². The average Bonchev–Trinajstić information content (AvgIpc) is 2.47. The molecule has 0 aromatic heterocycles. The van der Waals surface area contributed by atoms with Crippen LogP contribution in [-0.4, -0.2) is 11.9 Å². The number of benzene rings is 2. The minimum absolute atomic E-state index is 0.170. The van der Waals surface area contributed by atoms with Gasteiger partial charge in [-0.25, -0.2) is 0 Å². The van der Waals surface area contributed by atoms with Crippen molar-refractivity contribution < 1.29 is 9.53 Å². The fraction of sp³-hybridized carbons (Fsp3) is 0.235. The molecule has 1 unspecified atom stereocenters. The average molecular weight is 323 g/mol. The normalized spacial score (nSPS) is 12.0. The first-order valence-corrected chi connectivity index (χ1v) is 7.51. The molecular formula is C17H16Cl2O2. The monoisotopic (exact) mass is 322 g/mol. The van der Waals surface area contributed by atoms with Crippen LogP contribution < -0.4 is 4.74 Å². The number of carbonyl (C=O) groups is 1. The number of Topliss-reactive ketones (excluding diaryl/α,β-unsaturated/α-hetero) is 1. The predicted molar refractivity (Wildman–Crippen MR) is 86.7 cm³/mol. The SMILES string of the molecule is CCc1ccc(OC(C)C(=O)c2ccc(Cl)cc2Cl)cc1. The molecule has 2 nitrogen and oxygen atoms in total. The van der Waals surface area contributed by atoms with E-state index in [9.17, 15) is 4.79 Å². The van der Waals surface area contributed by atoms with Crippen molar-refractivity contribution in [1.29, 1.82) is 0 Å². The second-order valence-electron chi connectivity index (χ2n) is 4.75. The Bertz CT molecular complexity index is 636. The van der Waals surface area contributed by atoms with Crippen molar-refractivity contribution in [1.82, 2.24) is 0 Å². The van der Waals surface area contributed by atoms with E-state index in [4.69, 9.17) is 27.9 Å². The molecule has 4 heteroatoms. The Morgan fingerprint density at radius 2 is 1.81 bits per heavy atom. The van der Waals surface area contributed by atoms with Gasteiger partial charge in [0.2, 0.25) is 5.78 Å². The van der Waals surface area contributed by atoms with Crippen LogP contribution in [0.15, 0.2) is 42.5 Å². The highest BCUT2D eigenvalue weighted by Gasteiger charge is 2.19. The Hall–Kier alpha value is -1.51. The lowest BCUT2D eigenvalue weighted by Crippen LogP contribution is -2.24. The summed E-state index contributed by atoms with van der Waals surface area (Å²) >= 11 is 11.9. The summed E-state index contributed by atoms with van der Waals surface area (Å²) in [4.78, 5) is 12.4. The minimum Gasteiger partial charge on any atom is -0.483 e. The predicted octanol–water partition coefficient (Wildman–Crippen LogP) is 5.21. The van der Waals surface area contributed by atoms with Gasteiger partial charge in [-0.1, -0.05) is 42.3 Å². The van der Waals surface area contributed by atoms with Gasteiger partial charge in [0.15, 0.2) is 6.10 Å². The Balaban J connectivity index is 2.11. The molecule has 0 amide bonds. The topological polar surface area (TPSA) is 26.3 Å². The lowest BCUT2D eigenvalue weighted by Gasteiger charge is -2.15. The summed E-state index contributed by atoms with van der Waals surface area (Å²) in [6.45, 7) is 3.80. The lowest BCUT2D eigenvalue weighted by atomic mass is 10.1. The molecule has 0 aliphatic heterocycles. The van der Waals surface area contributed by atoms with E-state index >= 15 is 0 Å². The molecule has 0 radical (unpaired) electrons. The quantitative estimate of drug-likeness (QED) is 0.706. The number of carbonyl (C=O) groups excluding carboxylic acids is 1. The molecule has 0 heterocycles. The van der Waals surface area contributed by atoms with Gasteiger partial charge < -0.3 is 4.74 Å². The summed E-state index contributed by atoms with van der Waals surface area (Å²) in [7, 11) is 0. The van der Waals surface area contributed by atoms with Crippen molar-refractivity contribution in [2.45, 2.75) is 26.4 Å².